The Kier molecular flexibility index (Phi) is 47.8. The molecule has 72 valence electrons. The molecule has 0 aromatic rings. The van der Waals surface area contributed by atoms with Crippen LogP contribution in [0.2, 0.25) is 0 Å². The predicted molar refractivity (Wildman–Crippen MR) is 16.2 cm³/mol. The maximum absolute atomic E-state index is 8.33. The van der Waals surface area contributed by atoms with Gasteiger partial charge in [-0.3, -0.25) is 0 Å². The molecule has 0 spiro atoms. The molecule has 0 rings (SSSR count). The topological polar surface area (TPSA) is 190 Å². The van der Waals surface area contributed by atoms with Crippen LogP contribution in [-0.2, 0) is 22.4 Å². The van der Waals surface area contributed by atoms with Crippen molar-refractivity contribution in [1.29, 1.82) is 0 Å². The van der Waals surface area contributed by atoms with Gasteiger partial charge in [0.05, 0.1) is 0 Å². The van der Waals surface area contributed by atoms with Crippen LogP contribution in [0.15, 0.2) is 0 Å². The van der Waals surface area contributed by atoms with E-state index in [1.165, 1.54) is 0 Å². The van der Waals surface area contributed by atoms with Crippen molar-refractivity contribution in [2.75, 3.05) is 0 Å². The SMILES string of the molecule is O=C([O-])[O-].O=C([O-])[O-].O=C([O-])[O-].[Na+].[Nb+5]. The van der Waals surface area contributed by atoms with Crippen LogP contribution in [0.4, 0.5) is 14.4 Å². The van der Waals surface area contributed by atoms with Gasteiger partial charge < -0.3 is 45.0 Å². The molecule has 11 heteroatoms. The first-order chi connectivity index (χ1) is 5.20. The van der Waals surface area contributed by atoms with E-state index in [2.05, 4.69) is 0 Å². The van der Waals surface area contributed by atoms with Crippen LogP contribution in [-0.4, -0.2) is 18.5 Å². The molecule has 0 aliphatic rings. The summed E-state index contributed by atoms with van der Waals surface area (Å²) in [6.45, 7) is 0. The van der Waals surface area contributed by atoms with Gasteiger partial charge in [0.1, 0.15) is 0 Å². The normalized spacial score (nSPS) is 5.14. The van der Waals surface area contributed by atoms with E-state index in [4.69, 9.17) is 45.0 Å². The first kappa shape index (κ1) is 29.2. The van der Waals surface area contributed by atoms with E-state index >= 15 is 0 Å². The average Bonchev–Trinajstić information content (AvgIpc) is 1.54. The molecular weight excluding hydrogens is 296 g/mol. The van der Waals surface area contributed by atoms with Crippen LogP contribution in [0.25, 0.3) is 0 Å². The first-order valence-corrected chi connectivity index (χ1v) is 1.84. The van der Waals surface area contributed by atoms with Gasteiger partial charge in [-0.05, 0) is 18.5 Å². The second-order valence-corrected chi connectivity index (χ2v) is 0.750. The third kappa shape index (κ3) is 6360. The largest absolute Gasteiger partial charge is 5.00 e. The van der Waals surface area contributed by atoms with E-state index in [1.54, 1.807) is 0 Å². The van der Waals surface area contributed by atoms with Crippen molar-refractivity contribution < 1.29 is 97.0 Å². The molecule has 9 nitrogen and oxygen atoms in total. The zero-order chi connectivity index (χ0) is 10.7. The van der Waals surface area contributed by atoms with Crippen molar-refractivity contribution in [2.24, 2.45) is 0 Å². The summed E-state index contributed by atoms with van der Waals surface area (Å²) < 4.78 is 0. The molecule has 0 heterocycles. The second kappa shape index (κ2) is 22.9. The second-order valence-electron chi connectivity index (χ2n) is 0.750. The molecule has 0 atom stereocenters. The van der Waals surface area contributed by atoms with Crippen LogP contribution in [0, 0.1) is 0 Å². The minimum Gasteiger partial charge on any atom is -0.652 e. The standard InChI is InChI=1S/3CH2O3.Na.Nb/c3*2-1(3)4;;/h3*(H2,2,3,4);;/q;;;+1;+5/p-6. The van der Waals surface area contributed by atoms with Crippen LogP contribution < -0.4 is 60.2 Å². The number of carboxylic acid groups (broad SMARTS) is 6. The van der Waals surface area contributed by atoms with Gasteiger partial charge in [-0.25, -0.2) is 0 Å². The van der Waals surface area contributed by atoms with Gasteiger partial charge >= 0.3 is 51.9 Å². The summed E-state index contributed by atoms with van der Waals surface area (Å²) in [5, 5.41) is 50.0. The Morgan fingerprint density at radius 3 is 0.571 bits per heavy atom. The number of carbonyl (C=O) groups excluding carboxylic acids is 3. The van der Waals surface area contributed by atoms with Gasteiger partial charge in [0.2, 0.25) is 0 Å². The summed E-state index contributed by atoms with van der Waals surface area (Å²) in [6, 6.07) is 0. The summed E-state index contributed by atoms with van der Waals surface area (Å²) in [4.78, 5) is 25.0. The fourth-order valence-electron chi connectivity index (χ4n) is 0. The number of hydrogen-bond donors (Lipinski definition) is 0. The molecule has 0 aliphatic carbocycles. The van der Waals surface area contributed by atoms with Crippen LogP contribution in [0.1, 0.15) is 0 Å². The van der Waals surface area contributed by atoms with Crippen LogP contribution >= 0.6 is 0 Å². The van der Waals surface area contributed by atoms with Crippen molar-refractivity contribution in [3.63, 3.8) is 0 Å². The molecule has 0 aliphatic heterocycles. The minimum atomic E-state index is -2.33. The zero-order valence-corrected chi connectivity index (χ0v) is 10.8. The van der Waals surface area contributed by atoms with Gasteiger partial charge in [0.25, 0.3) is 0 Å². The van der Waals surface area contributed by atoms with Gasteiger partial charge in [-0.2, -0.15) is 0 Å². The van der Waals surface area contributed by atoms with Crippen molar-refractivity contribution in [3.8, 4) is 0 Å². The molecule has 0 saturated carbocycles. The van der Waals surface area contributed by atoms with E-state index in [9.17, 15) is 0 Å². The molecule has 0 N–H and O–H groups in total. The average molecular weight is 296 g/mol. The van der Waals surface area contributed by atoms with Gasteiger partial charge in [-0.15, -0.1) is 0 Å². The molecule has 0 unspecified atom stereocenters. The monoisotopic (exact) mass is 296 g/mol. The Morgan fingerprint density at radius 1 is 0.571 bits per heavy atom. The Balaban J connectivity index is -0.0000000270. The maximum Gasteiger partial charge on any atom is 5.00 e. The van der Waals surface area contributed by atoms with E-state index in [1.807, 2.05) is 0 Å². The summed E-state index contributed by atoms with van der Waals surface area (Å²) >= 11 is 0. The first-order valence-electron chi connectivity index (χ1n) is 1.84. The molecule has 0 fully saturated rings. The Bertz CT molecular complexity index is 118. The Hall–Kier alpha value is -0.450. The molecule has 0 radical (unpaired) electrons. The number of carbonyl (C=O) groups is 3. The van der Waals surface area contributed by atoms with Gasteiger partial charge in [0.15, 0.2) is 0 Å². The number of rotatable bonds is 0. The third-order valence-electron chi connectivity index (χ3n) is 0. The quantitative estimate of drug-likeness (QED) is 0.390. The number of hydrogen-bond acceptors (Lipinski definition) is 9. The smallest absolute Gasteiger partial charge is 0.652 e. The molecule has 0 bridgehead atoms. The predicted octanol–water partition coefficient (Wildman–Crippen LogP) is -10.3. The van der Waals surface area contributed by atoms with E-state index in [0.717, 1.165) is 0 Å². The molecular formula is C3NaNbO9. The third-order valence-corrected chi connectivity index (χ3v) is 0. The van der Waals surface area contributed by atoms with Crippen molar-refractivity contribution in [2.45, 2.75) is 0 Å². The fourth-order valence-corrected chi connectivity index (χ4v) is 0. The molecule has 14 heavy (non-hydrogen) atoms. The van der Waals surface area contributed by atoms with Crippen LogP contribution in [0.5, 0.6) is 0 Å². The van der Waals surface area contributed by atoms with Gasteiger partial charge in [0, 0.05) is 0 Å². The molecule has 0 aromatic heterocycles. The zero-order valence-electron chi connectivity index (χ0n) is 6.62. The Morgan fingerprint density at radius 2 is 0.571 bits per heavy atom. The van der Waals surface area contributed by atoms with Crippen molar-refractivity contribution in [3.05, 3.63) is 0 Å². The summed E-state index contributed by atoms with van der Waals surface area (Å²) in [6.07, 6.45) is -7.00. The van der Waals surface area contributed by atoms with Crippen molar-refractivity contribution in [1.82, 2.24) is 0 Å². The van der Waals surface area contributed by atoms with Crippen LogP contribution in [0.3, 0.4) is 0 Å². The fraction of sp³-hybridized carbons (Fsp3) is 0. The van der Waals surface area contributed by atoms with Gasteiger partial charge in [-0.1, -0.05) is 0 Å². The maximum atomic E-state index is 8.33. The van der Waals surface area contributed by atoms with E-state index in [0.29, 0.717) is 0 Å². The molecule has 0 saturated heterocycles. The molecule has 0 amide bonds. The van der Waals surface area contributed by atoms with Crippen molar-refractivity contribution >= 4 is 18.5 Å². The van der Waals surface area contributed by atoms with E-state index in [-0.39, 0.29) is 51.9 Å². The minimum absolute atomic E-state index is 0. The van der Waals surface area contributed by atoms with E-state index < -0.39 is 18.5 Å². The summed E-state index contributed by atoms with van der Waals surface area (Å²) in [7, 11) is 0. The summed E-state index contributed by atoms with van der Waals surface area (Å²) in [5.41, 5.74) is 0. The molecule has 0 aromatic carbocycles. The Labute approximate surface area is 115 Å². The summed E-state index contributed by atoms with van der Waals surface area (Å²) in [5.74, 6) is 0.